The zero-order chi connectivity index (χ0) is 19.7. The van der Waals surface area contributed by atoms with Crippen LogP contribution in [0.4, 0.5) is 5.69 Å². The molecule has 3 N–H and O–H groups in total. The Hall–Kier alpha value is -1.41. The van der Waals surface area contributed by atoms with Crippen LogP contribution in [0.1, 0.15) is 18.5 Å². The quantitative estimate of drug-likeness (QED) is 0.408. The number of nitrogens with one attached hydrogen (secondary N) is 1. The monoisotopic (exact) mass is 327 g/mol. The Morgan fingerprint density at radius 3 is 2.45 bits per heavy atom. The number of alkyl halides is 2. The van der Waals surface area contributed by atoms with Gasteiger partial charge in [0.05, 0.1) is 24.4 Å². The van der Waals surface area contributed by atoms with Crippen LogP contribution < -0.4 is 5.32 Å². The molecule has 1 aromatic rings. The summed E-state index contributed by atoms with van der Waals surface area (Å²) in [4.78, 5) is 19.6. The van der Waals surface area contributed by atoms with E-state index in [1.165, 1.54) is 0 Å². The first-order valence-corrected chi connectivity index (χ1v) is 5.92. The van der Waals surface area contributed by atoms with Gasteiger partial charge in [-0.2, -0.15) is 0 Å². The van der Waals surface area contributed by atoms with Gasteiger partial charge in [0.1, 0.15) is 6.08 Å². The molecule has 1 amide bonds. The van der Waals surface area contributed by atoms with E-state index in [0.717, 1.165) is 0 Å². The molecule has 0 aromatic heterocycles. The lowest BCUT2D eigenvalue weighted by Crippen LogP contribution is -2.44. The Morgan fingerprint density at radius 1 is 1.50 bits per heavy atom. The minimum absolute atomic E-state index is 0.965. The van der Waals surface area contributed by atoms with Gasteiger partial charge in [-0.05, 0) is 17.6 Å². The molecule has 9 heteroatoms. The van der Waals surface area contributed by atoms with Crippen molar-refractivity contribution in [3.05, 3.63) is 39.8 Å². The van der Waals surface area contributed by atoms with E-state index in [4.69, 9.17) is 30.1 Å². The van der Waals surface area contributed by atoms with Gasteiger partial charge < -0.3 is 15.5 Å². The van der Waals surface area contributed by atoms with Crippen LogP contribution in [0.3, 0.4) is 0 Å². The standard InChI is InChI=1S/C11H12Cl2N2O5/c12-10(13)11(18)14-8(5-16)9(17)6-1-3-7(4-2-6)15(19)20/h1-4,8-10,16-17H,5H2,(H,14,18)/t8-,9-/m0/s1/i1D,2D,3D,4D,9D. The van der Waals surface area contributed by atoms with Crippen LogP contribution >= 0.6 is 23.2 Å². The Morgan fingerprint density at radius 2 is 2.05 bits per heavy atom. The van der Waals surface area contributed by atoms with Crippen molar-refractivity contribution in [3.8, 4) is 0 Å². The van der Waals surface area contributed by atoms with Crippen LogP contribution in [0.15, 0.2) is 24.2 Å². The van der Waals surface area contributed by atoms with Gasteiger partial charge >= 0.3 is 0 Å². The minimum atomic E-state index is -3.07. The number of aliphatic hydroxyl groups excluding tert-OH is 1. The van der Waals surface area contributed by atoms with Gasteiger partial charge in [0.2, 0.25) is 0 Å². The SMILES string of the molecule is [2H]c1c([2H])c([C@]([2H])(O)[C@H](CO)NC(=O)C(Cl)Cl)c([2H])c([2H])c1[N+](=O)[O-]. The van der Waals surface area contributed by atoms with E-state index in [2.05, 4.69) is 0 Å². The number of nitro groups is 1. The third-order valence-electron chi connectivity index (χ3n) is 2.08. The number of amides is 1. The predicted octanol–water partition coefficient (Wildman–Crippen LogP) is 0.909. The van der Waals surface area contributed by atoms with Gasteiger partial charge in [0.25, 0.3) is 11.6 Å². The molecule has 0 unspecified atom stereocenters. The summed E-state index contributed by atoms with van der Waals surface area (Å²) in [5.74, 6) is -1.09. The van der Waals surface area contributed by atoms with E-state index < -0.39 is 69.8 Å². The molecular formula is C11H12Cl2N2O5. The van der Waals surface area contributed by atoms with Crippen molar-refractivity contribution in [2.45, 2.75) is 17.0 Å². The molecule has 0 saturated carbocycles. The van der Waals surface area contributed by atoms with Crippen LogP contribution in [0.5, 0.6) is 0 Å². The molecule has 2 atom stereocenters. The highest BCUT2D eigenvalue weighted by atomic mass is 35.5. The van der Waals surface area contributed by atoms with Gasteiger partial charge in [-0.1, -0.05) is 23.2 Å². The average Bonchev–Trinajstić information content (AvgIpc) is 2.49. The van der Waals surface area contributed by atoms with E-state index in [1.807, 2.05) is 5.32 Å². The number of carbonyl (C=O) groups excluding carboxylic acids is 1. The van der Waals surface area contributed by atoms with E-state index >= 15 is 0 Å². The maximum atomic E-state index is 11.5. The molecule has 1 rings (SSSR count). The van der Waals surface area contributed by atoms with Crippen LogP contribution in [0.25, 0.3) is 0 Å². The van der Waals surface area contributed by atoms with Crippen LogP contribution in [0, 0.1) is 10.1 Å². The molecule has 0 bridgehead atoms. The van der Waals surface area contributed by atoms with E-state index in [9.17, 15) is 25.1 Å². The summed E-state index contributed by atoms with van der Waals surface area (Å²) >= 11 is 10.6. The molecule has 0 fully saturated rings. The summed E-state index contributed by atoms with van der Waals surface area (Å²) < 4.78 is 38.5. The molecule has 0 spiro atoms. The maximum absolute atomic E-state index is 11.5. The van der Waals surface area contributed by atoms with Crippen LogP contribution in [-0.2, 0) is 4.79 Å². The van der Waals surface area contributed by atoms with Crippen molar-refractivity contribution in [3.63, 3.8) is 0 Å². The molecule has 0 radical (unpaired) electrons. The molecule has 20 heavy (non-hydrogen) atoms. The number of halogens is 2. The molecule has 0 aliphatic rings. The average molecular weight is 328 g/mol. The second-order valence-electron chi connectivity index (χ2n) is 3.41. The first kappa shape index (κ1) is 10.3. The predicted molar refractivity (Wildman–Crippen MR) is 72.6 cm³/mol. The lowest BCUT2D eigenvalue weighted by Gasteiger charge is -2.22. The number of nitro benzene ring substituents is 1. The van der Waals surface area contributed by atoms with Crippen molar-refractivity contribution in [2.75, 3.05) is 6.61 Å². The topological polar surface area (TPSA) is 113 Å². The Kier molecular flexibility index (Phi) is 3.82. The fourth-order valence-electron chi connectivity index (χ4n) is 1.13. The lowest BCUT2D eigenvalue weighted by molar-refractivity contribution is -0.384. The Balaban J connectivity index is 3.57. The van der Waals surface area contributed by atoms with Crippen molar-refractivity contribution < 1.29 is 26.8 Å². The second-order valence-corrected chi connectivity index (χ2v) is 4.51. The fraction of sp³-hybridized carbons (Fsp3) is 0.364. The van der Waals surface area contributed by atoms with Crippen molar-refractivity contribution in [2.24, 2.45) is 0 Å². The first-order chi connectivity index (χ1) is 11.4. The highest BCUT2D eigenvalue weighted by molar-refractivity contribution is 6.53. The third kappa shape index (κ3) is 4.31. The van der Waals surface area contributed by atoms with E-state index in [-0.39, 0.29) is 0 Å². The number of aliphatic hydroxyl groups is 2. The summed E-state index contributed by atoms with van der Waals surface area (Å²) in [6, 6.07) is -6.16. The first-order valence-electron chi connectivity index (χ1n) is 7.54. The zero-order valence-electron chi connectivity index (χ0n) is 14.7. The molecular weight excluding hydrogens is 311 g/mol. The van der Waals surface area contributed by atoms with Gasteiger partial charge in [0.15, 0.2) is 4.84 Å². The number of nitrogens with zero attached hydrogens (tertiary/aromatic N) is 1. The molecule has 1 aromatic carbocycles. The van der Waals surface area contributed by atoms with Crippen LogP contribution in [0.2, 0.25) is 0 Å². The van der Waals surface area contributed by atoms with Gasteiger partial charge in [-0.25, -0.2) is 0 Å². The number of rotatable bonds is 6. The maximum Gasteiger partial charge on any atom is 0.269 e. The molecule has 0 aliphatic carbocycles. The Bertz CT molecular complexity index is 690. The van der Waals surface area contributed by atoms with Gasteiger partial charge in [-0.15, -0.1) is 0 Å². The van der Waals surface area contributed by atoms with Crippen molar-refractivity contribution >= 4 is 34.8 Å². The van der Waals surface area contributed by atoms with E-state index in [1.54, 1.807) is 0 Å². The zero-order valence-corrected chi connectivity index (χ0v) is 11.2. The number of hydrogen-bond acceptors (Lipinski definition) is 5. The number of carbonyl (C=O) groups is 1. The third-order valence-corrected chi connectivity index (χ3v) is 2.47. The number of hydrogen-bond donors (Lipinski definition) is 3. The fourth-order valence-corrected chi connectivity index (χ4v) is 1.26. The van der Waals surface area contributed by atoms with Crippen molar-refractivity contribution in [1.82, 2.24) is 5.32 Å². The second kappa shape index (κ2) is 7.39. The van der Waals surface area contributed by atoms with Crippen molar-refractivity contribution in [1.29, 1.82) is 0 Å². The molecule has 7 nitrogen and oxygen atoms in total. The van der Waals surface area contributed by atoms with Gasteiger partial charge in [-0.3, -0.25) is 14.9 Å². The molecule has 0 aliphatic heterocycles. The smallest absolute Gasteiger partial charge is 0.269 e. The van der Waals surface area contributed by atoms with E-state index in [0.29, 0.717) is 0 Å². The van der Waals surface area contributed by atoms with Crippen LogP contribution in [-0.4, -0.2) is 38.5 Å². The summed E-state index contributed by atoms with van der Waals surface area (Å²) in [5.41, 5.74) is -2.10. The van der Waals surface area contributed by atoms with Gasteiger partial charge in [0, 0.05) is 12.1 Å². The summed E-state index contributed by atoms with van der Waals surface area (Å²) in [5, 5.41) is 32.5. The highest BCUT2D eigenvalue weighted by Crippen LogP contribution is 2.20. The normalized spacial score (nSPS) is 18.9. The largest absolute Gasteiger partial charge is 0.394 e. The summed E-state index contributed by atoms with van der Waals surface area (Å²) in [6.45, 7) is -1.05. The summed E-state index contributed by atoms with van der Waals surface area (Å²) in [6.07, 6.45) is -3.07. The lowest BCUT2D eigenvalue weighted by atomic mass is 10.0. The Labute approximate surface area is 131 Å². The minimum Gasteiger partial charge on any atom is -0.394 e. The highest BCUT2D eigenvalue weighted by Gasteiger charge is 2.24. The molecule has 0 heterocycles. The number of benzene rings is 1. The molecule has 0 saturated heterocycles. The summed E-state index contributed by atoms with van der Waals surface area (Å²) in [7, 11) is 0. The molecule has 110 valence electrons.